The average Bonchev–Trinajstić information content (AvgIpc) is 3.66. The van der Waals surface area contributed by atoms with Gasteiger partial charge in [-0.05, 0) is 55.8 Å². The summed E-state index contributed by atoms with van der Waals surface area (Å²) in [7, 11) is 0. The zero-order valence-corrected chi connectivity index (χ0v) is 23.5. The number of hydrogen-bond donors (Lipinski definition) is 3. The van der Waals surface area contributed by atoms with Crippen LogP contribution in [0.1, 0.15) is 76.3 Å². The van der Waals surface area contributed by atoms with E-state index in [1.54, 1.807) is 0 Å². The number of halogens is 3. The molecule has 1 aromatic rings. The smallest absolute Gasteiger partial charge is 0.277 e. The van der Waals surface area contributed by atoms with E-state index in [2.05, 4.69) is 23.7 Å². The summed E-state index contributed by atoms with van der Waals surface area (Å²) in [5.74, 6) is -3.60. The van der Waals surface area contributed by atoms with E-state index < -0.39 is 23.7 Å². The summed E-state index contributed by atoms with van der Waals surface area (Å²) in [6.07, 6.45) is 10.3. The highest BCUT2D eigenvalue weighted by atomic mass is 19.3. The Kier molecular flexibility index (Phi) is 9.04. The second-order valence-electron chi connectivity index (χ2n) is 11.4. The van der Waals surface area contributed by atoms with Crippen molar-refractivity contribution in [3.8, 4) is 0 Å². The first kappa shape index (κ1) is 29.1. The molecule has 0 aromatic heterocycles. The summed E-state index contributed by atoms with van der Waals surface area (Å²) in [5.41, 5.74) is 15.7. The molecule has 0 amide bonds. The number of hydrogen-bond acceptors (Lipinski definition) is 5. The molecule has 2 heterocycles. The maximum absolute atomic E-state index is 15.4. The van der Waals surface area contributed by atoms with Gasteiger partial charge in [0.1, 0.15) is 11.6 Å². The average molecular weight is 544 g/mol. The summed E-state index contributed by atoms with van der Waals surface area (Å²) < 4.78 is 45.9. The first-order valence-electron chi connectivity index (χ1n) is 14.3. The topological polar surface area (TPSA) is 70.5 Å². The number of benzene rings is 1. The van der Waals surface area contributed by atoms with Crippen LogP contribution in [0.3, 0.4) is 0 Å². The molecule has 1 aromatic carbocycles. The van der Waals surface area contributed by atoms with Gasteiger partial charge in [0.2, 0.25) is 0 Å². The molecule has 0 unspecified atom stereocenters. The normalized spacial score (nSPS) is 24.2. The van der Waals surface area contributed by atoms with Crippen molar-refractivity contribution < 1.29 is 13.2 Å². The molecule has 1 saturated carbocycles. The minimum absolute atomic E-state index is 0.00195. The molecule has 0 saturated heterocycles. The third kappa shape index (κ3) is 6.48. The lowest BCUT2D eigenvalue weighted by Gasteiger charge is -2.36. The van der Waals surface area contributed by atoms with Gasteiger partial charge in [0, 0.05) is 49.1 Å². The predicted molar refractivity (Wildman–Crippen MR) is 152 cm³/mol. The Bertz CT molecular complexity index is 1150. The fraction of sp³-hybridized carbons (Fsp3) is 0.548. The van der Waals surface area contributed by atoms with E-state index in [4.69, 9.17) is 11.5 Å². The molecule has 1 fully saturated rings. The number of nitrogens with zero attached hydrogens (tertiary/aromatic N) is 2. The van der Waals surface area contributed by atoms with Crippen molar-refractivity contribution >= 4 is 0 Å². The Morgan fingerprint density at radius 3 is 2.41 bits per heavy atom. The molecule has 1 aliphatic carbocycles. The van der Waals surface area contributed by atoms with Crippen LogP contribution in [0.4, 0.5) is 13.2 Å². The minimum Gasteiger partial charge on any atom is -0.403 e. The molecule has 8 heteroatoms. The van der Waals surface area contributed by atoms with Crippen LogP contribution in [0.5, 0.6) is 0 Å². The molecule has 39 heavy (non-hydrogen) atoms. The molecule has 5 N–H and O–H groups in total. The van der Waals surface area contributed by atoms with Gasteiger partial charge in [-0.15, -0.1) is 0 Å². The van der Waals surface area contributed by atoms with Crippen molar-refractivity contribution in [3.63, 3.8) is 0 Å². The Hall–Kier alpha value is -2.87. The van der Waals surface area contributed by atoms with Gasteiger partial charge in [-0.2, -0.15) is 0 Å². The van der Waals surface area contributed by atoms with Gasteiger partial charge >= 0.3 is 0 Å². The summed E-state index contributed by atoms with van der Waals surface area (Å²) in [4.78, 5) is 4.11. The molecule has 4 bridgehead atoms. The van der Waals surface area contributed by atoms with Crippen LogP contribution in [0.25, 0.3) is 0 Å². The highest BCUT2D eigenvalue weighted by Crippen LogP contribution is 2.55. The van der Waals surface area contributed by atoms with Crippen LogP contribution in [0, 0.1) is 11.2 Å². The van der Waals surface area contributed by atoms with E-state index in [-0.39, 0.29) is 24.1 Å². The predicted octanol–water partition coefficient (Wildman–Crippen LogP) is 6.21. The van der Waals surface area contributed by atoms with Gasteiger partial charge in [-0.25, -0.2) is 13.2 Å². The summed E-state index contributed by atoms with van der Waals surface area (Å²) in [5, 5.41) is 3.18. The summed E-state index contributed by atoms with van der Waals surface area (Å²) in [6, 6.07) is 4.21. The van der Waals surface area contributed by atoms with Crippen LogP contribution >= 0.6 is 0 Å². The van der Waals surface area contributed by atoms with Gasteiger partial charge in [0.25, 0.3) is 5.92 Å². The lowest BCUT2D eigenvalue weighted by atomic mass is 9.89. The summed E-state index contributed by atoms with van der Waals surface area (Å²) >= 11 is 0. The first-order chi connectivity index (χ1) is 18.6. The Morgan fingerprint density at radius 2 is 1.74 bits per heavy atom. The van der Waals surface area contributed by atoms with Crippen molar-refractivity contribution in [2.24, 2.45) is 16.9 Å². The standard InChI is InChI=1S/C31H44F3N5/c1-4-38-16-8-6-5-7-9-17-39-22(2)26(30(3)13-14-30)19-24(29(39)36)27(20-35)37-21-23-11-10-12-25(28(23)32)31(33,34)15-18-38/h10-12,19-20,37H,2,4-9,13-18,21,35-36H2,1,3H3/b27-20+. The molecule has 0 atom stereocenters. The monoisotopic (exact) mass is 543 g/mol. The number of nitrogens with two attached hydrogens (primary N) is 2. The van der Waals surface area contributed by atoms with E-state index in [9.17, 15) is 0 Å². The third-order valence-electron chi connectivity index (χ3n) is 8.59. The molecule has 0 radical (unpaired) electrons. The van der Waals surface area contributed by atoms with Gasteiger partial charge in [0.05, 0.1) is 11.3 Å². The fourth-order valence-electron chi connectivity index (χ4n) is 5.62. The molecule has 214 valence electrons. The van der Waals surface area contributed by atoms with Gasteiger partial charge < -0.3 is 26.6 Å². The summed E-state index contributed by atoms with van der Waals surface area (Å²) in [6.45, 7) is 11.0. The van der Waals surface area contributed by atoms with E-state index in [1.165, 1.54) is 24.4 Å². The van der Waals surface area contributed by atoms with Crippen LogP contribution in [-0.2, 0) is 12.5 Å². The highest BCUT2D eigenvalue weighted by molar-refractivity contribution is 5.54. The first-order valence-corrected chi connectivity index (χ1v) is 14.3. The Balaban J connectivity index is 1.66. The fourth-order valence-corrected chi connectivity index (χ4v) is 5.62. The van der Waals surface area contributed by atoms with Crippen molar-refractivity contribution in [1.29, 1.82) is 0 Å². The van der Waals surface area contributed by atoms with Crippen LogP contribution in [-0.4, -0.2) is 36.0 Å². The lowest BCUT2D eigenvalue weighted by Crippen LogP contribution is -2.35. The zero-order chi connectivity index (χ0) is 28.2. The van der Waals surface area contributed by atoms with Gasteiger partial charge in [-0.3, -0.25) is 0 Å². The van der Waals surface area contributed by atoms with Crippen molar-refractivity contribution in [1.82, 2.24) is 15.1 Å². The molecule has 3 aliphatic rings. The Morgan fingerprint density at radius 1 is 1.05 bits per heavy atom. The molecule has 5 nitrogen and oxygen atoms in total. The lowest BCUT2D eigenvalue weighted by molar-refractivity contribution is -0.0249. The highest BCUT2D eigenvalue weighted by Gasteiger charge is 2.44. The van der Waals surface area contributed by atoms with E-state index in [1.807, 2.05) is 17.9 Å². The SMILES string of the molecule is C=C1C(C2(C)CC2)=CC2=C(N)N1CCCCCCCN(CC)CCC(F)(F)c1cccc(c1F)CN/C2=C/N. The number of alkyl halides is 2. The molecular weight excluding hydrogens is 499 g/mol. The molecule has 0 spiro atoms. The van der Waals surface area contributed by atoms with Crippen molar-refractivity contribution in [2.75, 3.05) is 26.2 Å². The van der Waals surface area contributed by atoms with Gasteiger partial charge in [-0.1, -0.05) is 57.9 Å². The Labute approximate surface area is 231 Å². The van der Waals surface area contributed by atoms with Crippen molar-refractivity contribution in [2.45, 2.75) is 77.7 Å². The largest absolute Gasteiger partial charge is 0.403 e. The second kappa shape index (κ2) is 12.1. The quantitative estimate of drug-likeness (QED) is 0.414. The molecule has 2 aliphatic heterocycles. The number of fused-ring (bicyclic) bond motifs is 3. The second-order valence-corrected chi connectivity index (χ2v) is 11.4. The maximum Gasteiger partial charge on any atom is 0.277 e. The van der Waals surface area contributed by atoms with Crippen LogP contribution in [0.2, 0.25) is 0 Å². The van der Waals surface area contributed by atoms with Gasteiger partial charge in [0.15, 0.2) is 0 Å². The number of nitrogens with one attached hydrogen (secondary N) is 1. The number of rotatable bonds is 2. The zero-order valence-electron chi connectivity index (χ0n) is 23.5. The maximum atomic E-state index is 15.4. The molecule has 4 rings (SSSR count). The minimum atomic E-state index is -3.27. The third-order valence-corrected chi connectivity index (χ3v) is 8.59. The van der Waals surface area contributed by atoms with E-state index in [0.29, 0.717) is 18.1 Å². The number of allylic oxidation sites excluding steroid dienone is 2. The van der Waals surface area contributed by atoms with E-state index >= 15 is 13.2 Å². The van der Waals surface area contributed by atoms with Crippen LogP contribution in [0.15, 0.2) is 65.4 Å². The van der Waals surface area contributed by atoms with Crippen LogP contribution < -0.4 is 16.8 Å². The van der Waals surface area contributed by atoms with E-state index in [0.717, 1.165) is 74.9 Å². The molecular formula is C31H44F3N5. The van der Waals surface area contributed by atoms with Crippen molar-refractivity contribution in [3.05, 3.63) is 82.4 Å².